The third-order valence-electron chi connectivity index (χ3n) is 2.40. The third kappa shape index (κ3) is 3.37. The molecule has 0 saturated heterocycles. The molecule has 0 heterocycles. The van der Waals surface area contributed by atoms with Crippen LogP contribution < -0.4 is 0 Å². The zero-order valence-corrected chi connectivity index (χ0v) is 10.6. The van der Waals surface area contributed by atoms with Crippen LogP contribution in [0.15, 0.2) is 18.2 Å². The van der Waals surface area contributed by atoms with Crippen LogP contribution >= 0.6 is 15.9 Å². The average Bonchev–Trinajstić information content (AvgIpc) is 2.29. The molecule has 1 aromatic carbocycles. The minimum Gasteiger partial charge on any atom is -0.298 e. The van der Waals surface area contributed by atoms with Gasteiger partial charge in [0.2, 0.25) is 0 Å². The van der Waals surface area contributed by atoms with E-state index in [0.29, 0.717) is 18.2 Å². The lowest BCUT2D eigenvalue weighted by atomic mass is 9.98. The number of carbonyl (C=O) groups excluding carboxylic acids is 1. The van der Waals surface area contributed by atoms with Gasteiger partial charge in [0, 0.05) is 12.0 Å². The molecule has 16 heavy (non-hydrogen) atoms. The number of ketones is 1. The van der Waals surface area contributed by atoms with Gasteiger partial charge in [-0.05, 0) is 23.6 Å². The van der Waals surface area contributed by atoms with Crippen LogP contribution in [0.3, 0.4) is 0 Å². The van der Waals surface area contributed by atoms with Gasteiger partial charge in [0.25, 0.3) is 6.43 Å². The fourth-order valence-corrected chi connectivity index (χ4v) is 1.74. The highest BCUT2D eigenvalue weighted by molar-refractivity contribution is 9.09. The molecule has 0 bridgehead atoms. The largest absolute Gasteiger partial charge is 0.298 e. The molecule has 0 saturated carbocycles. The molecule has 4 heteroatoms. The van der Waals surface area contributed by atoms with Crippen molar-refractivity contribution in [3.63, 3.8) is 0 Å². The van der Waals surface area contributed by atoms with E-state index in [1.54, 1.807) is 6.07 Å². The second kappa shape index (κ2) is 6.09. The summed E-state index contributed by atoms with van der Waals surface area (Å²) < 4.78 is 24.9. The maximum absolute atomic E-state index is 12.5. The van der Waals surface area contributed by atoms with Crippen molar-refractivity contribution in [1.82, 2.24) is 0 Å². The lowest BCUT2D eigenvalue weighted by Gasteiger charge is -2.09. The first kappa shape index (κ1) is 13.3. The van der Waals surface area contributed by atoms with Gasteiger partial charge in [-0.1, -0.05) is 35.0 Å². The Hall–Kier alpha value is -0.770. The van der Waals surface area contributed by atoms with Crippen molar-refractivity contribution in [2.24, 2.45) is 0 Å². The molecular weight excluding hydrogens is 278 g/mol. The molecule has 0 atom stereocenters. The first-order chi connectivity index (χ1) is 7.58. The summed E-state index contributed by atoms with van der Waals surface area (Å²) in [5, 5.41) is 0.298. The molecule has 1 nitrogen and oxygen atoms in total. The van der Waals surface area contributed by atoms with E-state index in [0.717, 1.165) is 11.1 Å². The van der Waals surface area contributed by atoms with Crippen LogP contribution in [0, 0.1) is 0 Å². The van der Waals surface area contributed by atoms with Gasteiger partial charge >= 0.3 is 0 Å². The van der Waals surface area contributed by atoms with Gasteiger partial charge in [-0.2, -0.15) is 0 Å². The van der Waals surface area contributed by atoms with Gasteiger partial charge in [-0.15, -0.1) is 0 Å². The Morgan fingerprint density at radius 3 is 2.56 bits per heavy atom. The molecule has 0 aliphatic carbocycles. The Kier molecular flexibility index (Phi) is 5.06. The van der Waals surface area contributed by atoms with Crippen LogP contribution in [-0.2, 0) is 17.6 Å². The SMILES string of the molecule is CCc1cc(C(F)F)ccc1CC(=O)CBr. The highest BCUT2D eigenvalue weighted by Crippen LogP contribution is 2.22. The Morgan fingerprint density at radius 2 is 2.06 bits per heavy atom. The number of Topliss-reactive ketones (excluding diaryl/α,β-unsaturated/α-hetero) is 1. The summed E-state index contributed by atoms with van der Waals surface area (Å²) in [6, 6.07) is 4.50. The van der Waals surface area contributed by atoms with Crippen molar-refractivity contribution >= 4 is 21.7 Å². The molecule has 0 unspecified atom stereocenters. The number of rotatable bonds is 5. The quantitative estimate of drug-likeness (QED) is 0.756. The zero-order valence-electron chi connectivity index (χ0n) is 8.97. The first-order valence-corrected chi connectivity index (χ1v) is 6.18. The van der Waals surface area contributed by atoms with Crippen molar-refractivity contribution in [3.8, 4) is 0 Å². The minimum atomic E-state index is -2.45. The van der Waals surface area contributed by atoms with Crippen LogP contribution in [0.2, 0.25) is 0 Å². The number of halogens is 3. The summed E-state index contributed by atoms with van der Waals surface area (Å²) in [4.78, 5) is 11.3. The van der Waals surface area contributed by atoms with Crippen molar-refractivity contribution in [3.05, 3.63) is 34.9 Å². The summed E-state index contributed by atoms with van der Waals surface area (Å²) in [5.74, 6) is 0.0551. The molecule has 0 aromatic heterocycles. The Labute approximate surface area is 102 Å². The molecule has 1 rings (SSSR count). The minimum absolute atomic E-state index is 0.0203. The molecular formula is C12H13BrF2O. The molecule has 0 fully saturated rings. The topological polar surface area (TPSA) is 17.1 Å². The number of carbonyl (C=O) groups is 1. The normalized spacial score (nSPS) is 10.8. The van der Waals surface area contributed by atoms with Crippen LogP contribution in [0.4, 0.5) is 8.78 Å². The molecule has 0 aliphatic heterocycles. The van der Waals surface area contributed by atoms with Crippen molar-refractivity contribution in [2.45, 2.75) is 26.2 Å². The van der Waals surface area contributed by atoms with Crippen molar-refractivity contribution in [2.75, 3.05) is 5.33 Å². The average molecular weight is 291 g/mol. The van der Waals surface area contributed by atoms with Gasteiger partial charge in [0.05, 0.1) is 5.33 Å². The highest BCUT2D eigenvalue weighted by Gasteiger charge is 2.11. The summed E-state index contributed by atoms with van der Waals surface area (Å²) in [7, 11) is 0. The lowest BCUT2D eigenvalue weighted by molar-refractivity contribution is -0.115. The van der Waals surface area contributed by atoms with E-state index >= 15 is 0 Å². The smallest absolute Gasteiger partial charge is 0.263 e. The lowest BCUT2D eigenvalue weighted by Crippen LogP contribution is -2.06. The van der Waals surface area contributed by atoms with Crippen molar-refractivity contribution < 1.29 is 13.6 Å². The number of benzene rings is 1. The van der Waals surface area contributed by atoms with E-state index in [2.05, 4.69) is 15.9 Å². The van der Waals surface area contributed by atoms with E-state index in [1.165, 1.54) is 12.1 Å². The number of alkyl halides is 3. The van der Waals surface area contributed by atoms with E-state index < -0.39 is 6.43 Å². The predicted octanol–water partition coefficient (Wildman–Crippen LogP) is 3.69. The number of aryl methyl sites for hydroxylation is 1. The number of hydrogen-bond acceptors (Lipinski definition) is 1. The van der Waals surface area contributed by atoms with Gasteiger partial charge < -0.3 is 0 Å². The van der Waals surface area contributed by atoms with Crippen LogP contribution in [0.1, 0.15) is 30.0 Å². The predicted molar refractivity (Wildman–Crippen MR) is 63.3 cm³/mol. The molecule has 0 spiro atoms. The van der Waals surface area contributed by atoms with Gasteiger partial charge in [-0.3, -0.25) is 4.79 Å². The Bertz CT molecular complexity index is 377. The number of hydrogen-bond donors (Lipinski definition) is 0. The summed E-state index contributed by atoms with van der Waals surface area (Å²) in [5.41, 5.74) is 1.69. The second-order valence-electron chi connectivity index (χ2n) is 3.53. The first-order valence-electron chi connectivity index (χ1n) is 5.06. The monoisotopic (exact) mass is 290 g/mol. The highest BCUT2D eigenvalue weighted by atomic mass is 79.9. The molecule has 0 radical (unpaired) electrons. The third-order valence-corrected chi connectivity index (χ3v) is 3.03. The van der Waals surface area contributed by atoms with Crippen LogP contribution in [-0.4, -0.2) is 11.1 Å². The van der Waals surface area contributed by atoms with Crippen molar-refractivity contribution in [1.29, 1.82) is 0 Å². The summed E-state index contributed by atoms with van der Waals surface area (Å²) >= 11 is 3.09. The van der Waals surface area contributed by atoms with Crippen LogP contribution in [0.25, 0.3) is 0 Å². The van der Waals surface area contributed by atoms with E-state index in [9.17, 15) is 13.6 Å². The molecule has 0 N–H and O–H groups in total. The summed E-state index contributed by atoms with van der Waals surface area (Å²) in [6.45, 7) is 1.90. The molecule has 0 amide bonds. The van der Waals surface area contributed by atoms with Gasteiger partial charge in [-0.25, -0.2) is 8.78 Å². The van der Waals surface area contributed by atoms with E-state index in [4.69, 9.17) is 0 Å². The maximum Gasteiger partial charge on any atom is 0.263 e. The second-order valence-corrected chi connectivity index (χ2v) is 4.09. The summed E-state index contributed by atoms with van der Waals surface area (Å²) in [6.07, 6.45) is -1.49. The fraction of sp³-hybridized carbons (Fsp3) is 0.417. The zero-order chi connectivity index (χ0) is 12.1. The Balaban J connectivity index is 2.97. The van der Waals surface area contributed by atoms with Crippen LogP contribution in [0.5, 0.6) is 0 Å². The molecule has 0 aliphatic rings. The van der Waals surface area contributed by atoms with E-state index in [-0.39, 0.29) is 11.3 Å². The fourth-order valence-electron chi connectivity index (χ4n) is 1.54. The van der Waals surface area contributed by atoms with E-state index in [1.807, 2.05) is 6.92 Å². The maximum atomic E-state index is 12.5. The van der Waals surface area contributed by atoms with Gasteiger partial charge in [0.1, 0.15) is 5.78 Å². The Morgan fingerprint density at radius 1 is 1.38 bits per heavy atom. The molecule has 88 valence electrons. The van der Waals surface area contributed by atoms with Gasteiger partial charge in [0.15, 0.2) is 0 Å². The molecule has 1 aromatic rings. The standard InChI is InChI=1S/C12H13BrF2O/c1-2-8-5-10(12(14)15)4-3-9(8)6-11(16)7-13/h3-5,12H,2,6-7H2,1H3.